The standard InChI is InChI=1S/C12H17N7O/c1-7(2)11-15-5-8(13)10(18-11)12(20)14-4-3-9-16-6-17-19-9/h5-7H,3-4,13H2,1-2H3,(H,14,20)(H,16,17,19). The van der Waals surface area contributed by atoms with Crippen molar-refractivity contribution in [1.82, 2.24) is 30.5 Å². The van der Waals surface area contributed by atoms with Gasteiger partial charge in [0.15, 0.2) is 5.69 Å². The van der Waals surface area contributed by atoms with E-state index in [1.54, 1.807) is 0 Å². The lowest BCUT2D eigenvalue weighted by Gasteiger charge is -2.09. The molecule has 0 aliphatic carbocycles. The van der Waals surface area contributed by atoms with E-state index in [1.165, 1.54) is 12.5 Å². The highest BCUT2D eigenvalue weighted by Crippen LogP contribution is 2.13. The number of aromatic amines is 1. The molecule has 0 spiro atoms. The molecular weight excluding hydrogens is 258 g/mol. The maximum absolute atomic E-state index is 12.0. The largest absolute Gasteiger partial charge is 0.396 e. The minimum Gasteiger partial charge on any atom is -0.396 e. The van der Waals surface area contributed by atoms with Crippen LogP contribution in [0.2, 0.25) is 0 Å². The number of nitrogen functional groups attached to an aromatic ring is 1. The van der Waals surface area contributed by atoms with Crippen LogP contribution in [0.1, 0.15) is 41.9 Å². The van der Waals surface area contributed by atoms with Crippen LogP contribution < -0.4 is 11.1 Å². The molecule has 0 aliphatic heterocycles. The molecule has 0 bridgehead atoms. The van der Waals surface area contributed by atoms with Crippen molar-refractivity contribution in [2.75, 3.05) is 12.3 Å². The molecule has 0 saturated carbocycles. The van der Waals surface area contributed by atoms with Crippen LogP contribution >= 0.6 is 0 Å². The van der Waals surface area contributed by atoms with Crippen molar-refractivity contribution in [3.63, 3.8) is 0 Å². The minimum absolute atomic E-state index is 0.136. The molecule has 1 amide bonds. The summed E-state index contributed by atoms with van der Waals surface area (Å²) >= 11 is 0. The van der Waals surface area contributed by atoms with E-state index in [0.29, 0.717) is 24.6 Å². The first-order chi connectivity index (χ1) is 9.58. The van der Waals surface area contributed by atoms with Gasteiger partial charge < -0.3 is 11.1 Å². The molecule has 2 aromatic rings. The quantitative estimate of drug-likeness (QED) is 0.720. The highest BCUT2D eigenvalue weighted by molar-refractivity contribution is 5.96. The third-order valence-corrected chi connectivity index (χ3v) is 2.68. The molecule has 2 aromatic heterocycles. The number of carbonyl (C=O) groups is 1. The van der Waals surface area contributed by atoms with E-state index in [9.17, 15) is 4.79 Å². The van der Waals surface area contributed by atoms with Crippen LogP contribution in [0.5, 0.6) is 0 Å². The number of amides is 1. The van der Waals surface area contributed by atoms with Crippen molar-refractivity contribution < 1.29 is 4.79 Å². The van der Waals surface area contributed by atoms with Gasteiger partial charge in [-0.15, -0.1) is 0 Å². The third-order valence-electron chi connectivity index (χ3n) is 2.68. The first kappa shape index (κ1) is 13.9. The van der Waals surface area contributed by atoms with E-state index in [1.807, 2.05) is 13.8 Å². The Bertz CT molecular complexity index is 579. The van der Waals surface area contributed by atoms with Gasteiger partial charge in [-0.2, -0.15) is 5.10 Å². The fourth-order valence-electron chi connectivity index (χ4n) is 1.59. The lowest BCUT2D eigenvalue weighted by atomic mass is 10.2. The Hall–Kier alpha value is -2.51. The second-order valence-electron chi connectivity index (χ2n) is 4.62. The van der Waals surface area contributed by atoms with Crippen molar-refractivity contribution >= 4 is 11.6 Å². The van der Waals surface area contributed by atoms with E-state index in [0.717, 1.165) is 0 Å². The normalized spacial score (nSPS) is 10.8. The molecule has 106 valence electrons. The van der Waals surface area contributed by atoms with E-state index < -0.39 is 0 Å². The zero-order chi connectivity index (χ0) is 14.5. The van der Waals surface area contributed by atoms with Gasteiger partial charge in [0, 0.05) is 18.9 Å². The average molecular weight is 275 g/mol. The molecule has 0 atom stereocenters. The molecule has 0 unspecified atom stereocenters. The van der Waals surface area contributed by atoms with E-state index in [-0.39, 0.29) is 23.2 Å². The number of H-pyrrole nitrogens is 1. The van der Waals surface area contributed by atoms with Gasteiger partial charge >= 0.3 is 0 Å². The topological polar surface area (TPSA) is 122 Å². The van der Waals surface area contributed by atoms with Gasteiger partial charge in [0.25, 0.3) is 5.91 Å². The van der Waals surface area contributed by atoms with Crippen LogP contribution in [0.15, 0.2) is 12.5 Å². The molecule has 0 saturated heterocycles. The summed E-state index contributed by atoms with van der Waals surface area (Å²) < 4.78 is 0. The maximum atomic E-state index is 12.0. The van der Waals surface area contributed by atoms with E-state index >= 15 is 0 Å². The fraction of sp³-hybridized carbons (Fsp3) is 0.417. The van der Waals surface area contributed by atoms with Crippen molar-refractivity contribution in [1.29, 1.82) is 0 Å². The van der Waals surface area contributed by atoms with Gasteiger partial charge in [-0.3, -0.25) is 9.89 Å². The SMILES string of the molecule is CC(C)c1ncc(N)c(C(=O)NCCc2ncn[nH]2)n1. The molecule has 0 aromatic carbocycles. The van der Waals surface area contributed by atoms with Gasteiger partial charge in [0.05, 0.1) is 11.9 Å². The average Bonchev–Trinajstić information content (AvgIpc) is 2.92. The number of aromatic nitrogens is 5. The lowest BCUT2D eigenvalue weighted by molar-refractivity contribution is 0.0949. The third kappa shape index (κ3) is 3.28. The molecule has 0 aliphatic rings. The fourth-order valence-corrected chi connectivity index (χ4v) is 1.59. The van der Waals surface area contributed by atoms with Gasteiger partial charge in [-0.1, -0.05) is 13.8 Å². The molecule has 2 rings (SSSR count). The summed E-state index contributed by atoms with van der Waals surface area (Å²) in [5, 5.41) is 9.20. The van der Waals surface area contributed by atoms with Crippen LogP contribution in [0.25, 0.3) is 0 Å². The predicted octanol–water partition coefficient (Wildman–Crippen LogP) is 0.273. The Kier molecular flexibility index (Phi) is 4.24. The molecule has 2 heterocycles. The highest BCUT2D eigenvalue weighted by atomic mass is 16.1. The van der Waals surface area contributed by atoms with Crippen LogP contribution in [0.4, 0.5) is 5.69 Å². The number of hydrogen-bond donors (Lipinski definition) is 3. The lowest BCUT2D eigenvalue weighted by Crippen LogP contribution is -2.28. The zero-order valence-corrected chi connectivity index (χ0v) is 11.4. The van der Waals surface area contributed by atoms with Gasteiger partial charge in [-0.25, -0.2) is 15.0 Å². The number of nitrogens with one attached hydrogen (secondary N) is 2. The second-order valence-corrected chi connectivity index (χ2v) is 4.62. The van der Waals surface area contributed by atoms with Crippen molar-refractivity contribution in [2.45, 2.75) is 26.2 Å². The number of nitrogens with zero attached hydrogens (tertiary/aromatic N) is 4. The second kappa shape index (κ2) is 6.09. The van der Waals surface area contributed by atoms with Crippen LogP contribution in [-0.2, 0) is 6.42 Å². The summed E-state index contributed by atoms with van der Waals surface area (Å²) in [5.41, 5.74) is 6.22. The van der Waals surface area contributed by atoms with Crippen molar-refractivity contribution in [3.05, 3.63) is 29.9 Å². The monoisotopic (exact) mass is 275 g/mol. The van der Waals surface area contributed by atoms with E-state index in [4.69, 9.17) is 5.73 Å². The number of carbonyl (C=O) groups excluding carboxylic acids is 1. The van der Waals surface area contributed by atoms with Gasteiger partial charge in [0.1, 0.15) is 18.0 Å². The summed E-state index contributed by atoms with van der Waals surface area (Å²) in [6.07, 6.45) is 3.45. The van der Waals surface area contributed by atoms with Gasteiger partial charge in [-0.05, 0) is 0 Å². The van der Waals surface area contributed by atoms with Crippen LogP contribution in [-0.4, -0.2) is 37.6 Å². The number of nitrogens with two attached hydrogens (primary N) is 1. The van der Waals surface area contributed by atoms with Crippen LogP contribution in [0.3, 0.4) is 0 Å². The number of hydrogen-bond acceptors (Lipinski definition) is 6. The number of rotatable bonds is 5. The highest BCUT2D eigenvalue weighted by Gasteiger charge is 2.14. The van der Waals surface area contributed by atoms with Crippen molar-refractivity contribution in [3.8, 4) is 0 Å². The molecular formula is C12H17N7O. The Labute approximate surface area is 116 Å². The molecule has 0 radical (unpaired) electrons. The predicted molar refractivity (Wildman–Crippen MR) is 73.0 cm³/mol. The molecule has 4 N–H and O–H groups in total. The Morgan fingerprint density at radius 1 is 1.45 bits per heavy atom. The molecule has 0 fully saturated rings. The first-order valence-corrected chi connectivity index (χ1v) is 6.32. The summed E-state index contributed by atoms with van der Waals surface area (Å²) in [7, 11) is 0. The Balaban J connectivity index is 1.99. The Morgan fingerprint density at radius 2 is 2.25 bits per heavy atom. The molecule has 8 heteroatoms. The maximum Gasteiger partial charge on any atom is 0.272 e. The molecule has 8 nitrogen and oxygen atoms in total. The summed E-state index contributed by atoms with van der Waals surface area (Å²) in [5.74, 6) is 1.13. The smallest absolute Gasteiger partial charge is 0.272 e. The number of anilines is 1. The summed E-state index contributed by atoms with van der Waals surface area (Å²) in [6.45, 7) is 4.34. The first-order valence-electron chi connectivity index (χ1n) is 6.32. The summed E-state index contributed by atoms with van der Waals surface area (Å²) in [6, 6.07) is 0. The van der Waals surface area contributed by atoms with E-state index in [2.05, 4.69) is 30.5 Å². The molecule has 20 heavy (non-hydrogen) atoms. The van der Waals surface area contributed by atoms with Gasteiger partial charge in [0.2, 0.25) is 0 Å². The zero-order valence-electron chi connectivity index (χ0n) is 11.4. The van der Waals surface area contributed by atoms with Crippen LogP contribution in [0, 0.1) is 0 Å². The minimum atomic E-state index is -0.314. The summed E-state index contributed by atoms with van der Waals surface area (Å²) in [4.78, 5) is 24.3. The van der Waals surface area contributed by atoms with Crippen molar-refractivity contribution in [2.24, 2.45) is 0 Å². The Morgan fingerprint density at radius 3 is 2.90 bits per heavy atom.